The van der Waals surface area contributed by atoms with Gasteiger partial charge in [-0.05, 0) is 40.8 Å². The predicted octanol–water partition coefficient (Wildman–Crippen LogP) is 6.74. The number of thioether (sulfide) groups is 1. The Morgan fingerprint density at radius 1 is 0.939 bits per heavy atom. The normalized spacial score (nSPS) is 11.1. The number of benzene rings is 2. The van der Waals surface area contributed by atoms with Crippen LogP contribution in [0.3, 0.4) is 0 Å². The number of hydrogen-bond acceptors (Lipinski definition) is 6. The van der Waals surface area contributed by atoms with Crippen molar-refractivity contribution in [3.05, 3.63) is 95.8 Å². The van der Waals surface area contributed by atoms with E-state index in [0.717, 1.165) is 17.0 Å². The van der Waals surface area contributed by atoms with E-state index in [1.54, 1.807) is 24.2 Å². The van der Waals surface area contributed by atoms with E-state index < -0.39 is 0 Å². The van der Waals surface area contributed by atoms with Crippen molar-refractivity contribution in [3.63, 3.8) is 0 Å². The van der Waals surface area contributed by atoms with Crippen molar-refractivity contribution in [1.29, 1.82) is 5.26 Å². The maximum absolute atomic E-state index is 9.99. The average Bonchev–Trinajstić information content (AvgIpc) is 2.83. The topological polar surface area (TPSA) is 74.5 Å². The standard InChI is InChI=1S/C27H25N5S/c1-27(2,3)21-11-13-22(14-12-21)30-25-23(16-28)24(20-10-7-15-29-17-20)31-26(32-25)33-18-19-8-5-4-6-9-19/h4-15,17H,18H2,1-3H3,(H,30,31,32). The summed E-state index contributed by atoms with van der Waals surface area (Å²) in [6.07, 6.45) is 3.43. The molecule has 0 unspecified atom stereocenters. The lowest BCUT2D eigenvalue weighted by molar-refractivity contribution is 0.590. The molecule has 4 aromatic rings. The summed E-state index contributed by atoms with van der Waals surface area (Å²) >= 11 is 1.54. The van der Waals surface area contributed by atoms with Crippen LogP contribution in [-0.4, -0.2) is 15.0 Å². The van der Waals surface area contributed by atoms with Gasteiger partial charge in [0, 0.05) is 29.4 Å². The van der Waals surface area contributed by atoms with Crippen molar-refractivity contribution in [3.8, 4) is 17.3 Å². The number of nitriles is 1. The van der Waals surface area contributed by atoms with Crippen LogP contribution in [0.4, 0.5) is 11.5 Å². The van der Waals surface area contributed by atoms with Gasteiger partial charge >= 0.3 is 0 Å². The molecular weight excluding hydrogens is 426 g/mol. The molecule has 6 heteroatoms. The SMILES string of the molecule is CC(C)(C)c1ccc(Nc2nc(SCc3ccccc3)nc(-c3cccnc3)c2C#N)cc1. The summed E-state index contributed by atoms with van der Waals surface area (Å²) in [6, 6.07) is 24.5. The summed E-state index contributed by atoms with van der Waals surface area (Å²) in [5, 5.41) is 13.9. The van der Waals surface area contributed by atoms with Gasteiger partial charge in [0.1, 0.15) is 11.6 Å². The van der Waals surface area contributed by atoms with Gasteiger partial charge in [0.2, 0.25) is 0 Å². The molecule has 1 N–H and O–H groups in total. The number of nitrogens with zero attached hydrogens (tertiary/aromatic N) is 4. The maximum Gasteiger partial charge on any atom is 0.190 e. The van der Waals surface area contributed by atoms with Crippen LogP contribution in [0, 0.1) is 11.3 Å². The zero-order valence-electron chi connectivity index (χ0n) is 18.9. The average molecular weight is 452 g/mol. The zero-order valence-corrected chi connectivity index (χ0v) is 19.7. The van der Waals surface area contributed by atoms with Crippen LogP contribution in [-0.2, 0) is 11.2 Å². The van der Waals surface area contributed by atoms with E-state index in [2.05, 4.69) is 61.4 Å². The lowest BCUT2D eigenvalue weighted by Crippen LogP contribution is -2.10. The molecule has 0 bridgehead atoms. The molecule has 33 heavy (non-hydrogen) atoms. The Morgan fingerprint density at radius 2 is 1.70 bits per heavy atom. The first-order chi connectivity index (χ1) is 15.9. The summed E-state index contributed by atoms with van der Waals surface area (Å²) < 4.78 is 0. The lowest BCUT2D eigenvalue weighted by atomic mass is 9.87. The predicted molar refractivity (Wildman–Crippen MR) is 134 cm³/mol. The maximum atomic E-state index is 9.99. The van der Waals surface area contributed by atoms with Gasteiger partial charge in [-0.3, -0.25) is 4.98 Å². The largest absolute Gasteiger partial charge is 0.339 e. The molecule has 0 spiro atoms. The molecule has 5 nitrogen and oxygen atoms in total. The zero-order chi connectivity index (χ0) is 23.3. The van der Waals surface area contributed by atoms with Crippen molar-refractivity contribution >= 4 is 23.3 Å². The van der Waals surface area contributed by atoms with E-state index in [0.29, 0.717) is 22.2 Å². The number of rotatable bonds is 6. The highest BCUT2D eigenvalue weighted by molar-refractivity contribution is 7.98. The van der Waals surface area contributed by atoms with Crippen molar-refractivity contribution < 1.29 is 0 Å². The molecule has 0 aliphatic heterocycles. The van der Waals surface area contributed by atoms with Crippen LogP contribution in [0.25, 0.3) is 11.3 Å². The first-order valence-corrected chi connectivity index (χ1v) is 11.7. The summed E-state index contributed by atoms with van der Waals surface area (Å²) in [5.74, 6) is 1.23. The Hall–Kier alpha value is -3.69. The van der Waals surface area contributed by atoms with Crippen molar-refractivity contribution in [2.24, 2.45) is 0 Å². The van der Waals surface area contributed by atoms with Gasteiger partial charge in [0.05, 0.1) is 5.69 Å². The van der Waals surface area contributed by atoms with Gasteiger partial charge in [0.25, 0.3) is 0 Å². The van der Waals surface area contributed by atoms with Crippen LogP contribution in [0.15, 0.2) is 84.3 Å². The van der Waals surface area contributed by atoms with Crippen LogP contribution < -0.4 is 5.32 Å². The third-order valence-electron chi connectivity index (χ3n) is 5.16. The number of aromatic nitrogens is 3. The Morgan fingerprint density at radius 3 is 2.33 bits per heavy atom. The second-order valence-electron chi connectivity index (χ2n) is 8.66. The van der Waals surface area contributed by atoms with E-state index in [1.807, 2.05) is 42.5 Å². The highest BCUT2D eigenvalue weighted by Gasteiger charge is 2.18. The lowest BCUT2D eigenvalue weighted by Gasteiger charge is -2.19. The Bertz CT molecular complexity index is 1260. The molecule has 0 atom stereocenters. The third kappa shape index (κ3) is 5.57. The van der Waals surface area contributed by atoms with Gasteiger partial charge in [-0.15, -0.1) is 0 Å². The molecule has 2 aromatic carbocycles. The van der Waals surface area contributed by atoms with Crippen LogP contribution >= 0.6 is 11.8 Å². The van der Waals surface area contributed by atoms with Gasteiger partial charge in [0.15, 0.2) is 11.0 Å². The molecule has 2 aromatic heterocycles. The molecule has 0 saturated heterocycles. The van der Waals surface area contributed by atoms with Crippen LogP contribution in [0.1, 0.15) is 37.5 Å². The third-order valence-corrected chi connectivity index (χ3v) is 6.08. The van der Waals surface area contributed by atoms with E-state index in [-0.39, 0.29) is 5.41 Å². The Balaban J connectivity index is 1.71. The minimum atomic E-state index is 0.0694. The second kappa shape index (κ2) is 9.85. The fourth-order valence-electron chi connectivity index (χ4n) is 3.33. The molecule has 0 aliphatic rings. The molecule has 164 valence electrons. The molecule has 0 saturated carbocycles. The van der Waals surface area contributed by atoms with Crippen LogP contribution in [0.2, 0.25) is 0 Å². The fourth-order valence-corrected chi connectivity index (χ4v) is 4.13. The van der Waals surface area contributed by atoms with E-state index >= 15 is 0 Å². The van der Waals surface area contributed by atoms with Gasteiger partial charge in [-0.1, -0.05) is 75.0 Å². The van der Waals surface area contributed by atoms with E-state index in [9.17, 15) is 5.26 Å². The first kappa shape index (κ1) is 22.5. The molecule has 4 rings (SSSR count). The molecule has 0 aliphatic carbocycles. The molecule has 0 radical (unpaired) electrons. The summed E-state index contributed by atoms with van der Waals surface area (Å²) in [7, 11) is 0. The monoisotopic (exact) mass is 451 g/mol. The first-order valence-electron chi connectivity index (χ1n) is 10.7. The minimum absolute atomic E-state index is 0.0694. The highest BCUT2D eigenvalue weighted by Crippen LogP contribution is 2.32. The van der Waals surface area contributed by atoms with Gasteiger partial charge in [-0.25, -0.2) is 9.97 Å². The van der Waals surface area contributed by atoms with E-state index in [1.165, 1.54) is 11.1 Å². The summed E-state index contributed by atoms with van der Waals surface area (Å²) in [5.41, 5.74) is 5.12. The van der Waals surface area contributed by atoms with Crippen molar-refractivity contribution in [2.45, 2.75) is 37.1 Å². The van der Waals surface area contributed by atoms with Crippen molar-refractivity contribution in [1.82, 2.24) is 15.0 Å². The van der Waals surface area contributed by atoms with E-state index in [4.69, 9.17) is 9.97 Å². The molecular formula is C27H25N5S. The van der Waals surface area contributed by atoms with Crippen molar-refractivity contribution in [2.75, 3.05) is 5.32 Å². The Kier molecular flexibility index (Phi) is 6.71. The number of pyridine rings is 1. The molecule has 0 fully saturated rings. The molecule has 0 amide bonds. The quantitative estimate of drug-likeness (QED) is 0.258. The second-order valence-corrected chi connectivity index (χ2v) is 9.60. The fraction of sp³-hybridized carbons (Fsp3) is 0.185. The van der Waals surface area contributed by atoms with Gasteiger partial charge in [-0.2, -0.15) is 5.26 Å². The summed E-state index contributed by atoms with van der Waals surface area (Å²) in [6.45, 7) is 6.55. The molecule has 2 heterocycles. The minimum Gasteiger partial charge on any atom is -0.339 e. The van der Waals surface area contributed by atoms with Crippen LogP contribution in [0.5, 0.6) is 0 Å². The number of anilines is 2. The number of hydrogen-bond donors (Lipinski definition) is 1. The number of nitrogens with one attached hydrogen (secondary N) is 1. The summed E-state index contributed by atoms with van der Waals surface area (Å²) in [4.78, 5) is 13.6. The highest BCUT2D eigenvalue weighted by atomic mass is 32.2. The smallest absolute Gasteiger partial charge is 0.190 e. The Labute approximate surface area is 199 Å². The van der Waals surface area contributed by atoms with Gasteiger partial charge < -0.3 is 5.32 Å².